The van der Waals surface area contributed by atoms with Crippen molar-refractivity contribution in [2.75, 3.05) is 27.4 Å². The molecule has 0 fully saturated rings. The van der Waals surface area contributed by atoms with E-state index in [0.29, 0.717) is 12.6 Å². The quantitative estimate of drug-likeness (QED) is 0.698. The number of methoxy groups -OCH3 is 2. The van der Waals surface area contributed by atoms with E-state index in [-0.39, 0.29) is 0 Å². The summed E-state index contributed by atoms with van der Waals surface area (Å²) in [5.74, 6) is 2.24. The van der Waals surface area contributed by atoms with Gasteiger partial charge in [0.2, 0.25) is 0 Å². The van der Waals surface area contributed by atoms with Gasteiger partial charge in [0, 0.05) is 30.8 Å². The molecule has 1 rings (SSSR count). The van der Waals surface area contributed by atoms with Crippen LogP contribution >= 0.6 is 0 Å². The van der Waals surface area contributed by atoms with E-state index in [1.165, 1.54) is 0 Å². The van der Waals surface area contributed by atoms with Crippen LogP contribution in [0.3, 0.4) is 0 Å². The average Bonchev–Trinajstić information content (AvgIpc) is 2.47. The van der Waals surface area contributed by atoms with E-state index in [1.54, 1.807) is 14.2 Å². The molecule has 0 aliphatic rings. The molecule has 0 spiro atoms. The van der Waals surface area contributed by atoms with Crippen LogP contribution in [-0.2, 0) is 0 Å². The van der Waals surface area contributed by atoms with Crippen molar-refractivity contribution in [1.29, 1.82) is 0 Å². The van der Waals surface area contributed by atoms with Gasteiger partial charge in [-0.2, -0.15) is 0 Å². The molecule has 0 unspecified atom stereocenters. The first-order valence-electron chi connectivity index (χ1n) is 6.82. The highest BCUT2D eigenvalue weighted by atomic mass is 16.5. The van der Waals surface area contributed by atoms with Gasteiger partial charge in [-0.05, 0) is 12.8 Å². The second-order valence-electron chi connectivity index (χ2n) is 4.36. The van der Waals surface area contributed by atoms with Crippen molar-refractivity contribution in [3.05, 3.63) is 18.2 Å². The first-order valence-corrected chi connectivity index (χ1v) is 6.82. The summed E-state index contributed by atoms with van der Waals surface area (Å²) in [5, 5.41) is 3.46. The zero-order valence-electron chi connectivity index (χ0n) is 12.4. The van der Waals surface area contributed by atoms with Crippen molar-refractivity contribution >= 4 is 0 Å². The molecule has 0 bridgehead atoms. The lowest BCUT2D eigenvalue weighted by molar-refractivity contribution is 0.298. The van der Waals surface area contributed by atoms with Crippen molar-refractivity contribution < 1.29 is 14.2 Å². The van der Waals surface area contributed by atoms with Crippen LogP contribution in [-0.4, -0.2) is 33.4 Å². The van der Waals surface area contributed by atoms with Crippen LogP contribution in [0.4, 0.5) is 0 Å². The summed E-state index contributed by atoms with van der Waals surface area (Å²) in [6, 6.07) is 6.12. The van der Waals surface area contributed by atoms with Crippen LogP contribution in [0, 0.1) is 0 Å². The van der Waals surface area contributed by atoms with E-state index in [0.717, 1.165) is 36.6 Å². The van der Waals surface area contributed by atoms with E-state index in [9.17, 15) is 0 Å². The first-order chi connectivity index (χ1) is 9.23. The highest BCUT2D eigenvalue weighted by Crippen LogP contribution is 2.27. The molecule has 0 radical (unpaired) electrons. The van der Waals surface area contributed by atoms with Crippen LogP contribution in [0.5, 0.6) is 17.2 Å². The summed E-state index contributed by atoms with van der Waals surface area (Å²) in [6.07, 6.45) is 2.28. The standard InChI is InChI=1S/C15H25NO3/c1-5-12(6-2)16-7-8-19-15-10-13(17-3)9-14(11-15)18-4/h9-12,16H,5-8H2,1-4H3. The topological polar surface area (TPSA) is 39.7 Å². The Bertz CT molecular complexity index is 342. The Kier molecular flexibility index (Phi) is 7.11. The highest BCUT2D eigenvalue weighted by Gasteiger charge is 2.04. The second kappa shape index (κ2) is 8.64. The van der Waals surface area contributed by atoms with E-state index in [2.05, 4.69) is 19.2 Å². The predicted octanol–water partition coefficient (Wildman–Crippen LogP) is 2.86. The van der Waals surface area contributed by atoms with Crippen molar-refractivity contribution in [3.63, 3.8) is 0 Å². The van der Waals surface area contributed by atoms with Crippen molar-refractivity contribution in [2.45, 2.75) is 32.7 Å². The molecule has 4 nitrogen and oxygen atoms in total. The minimum Gasteiger partial charge on any atom is -0.496 e. The maximum absolute atomic E-state index is 5.71. The maximum atomic E-state index is 5.71. The third-order valence-corrected chi connectivity index (χ3v) is 3.11. The van der Waals surface area contributed by atoms with Gasteiger partial charge in [0.05, 0.1) is 14.2 Å². The molecule has 108 valence electrons. The minimum absolute atomic E-state index is 0.573. The molecule has 1 aromatic rings. The van der Waals surface area contributed by atoms with Gasteiger partial charge >= 0.3 is 0 Å². The number of nitrogens with one attached hydrogen (secondary N) is 1. The molecule has 0 aromatic heterocycles. The van der Waals surface area contributed by atoms with E-state index in [1.807, 2.05) is 18.2 Å². The third kappa shape index (κ3) is 5.39. The number of hydrogen-bond donors (Lipinski definition) is 1. The summed E-state index contributed by atoms with van der Waals surface area (Å²) in [5.41, 5.74) is 0. The molecule has 0 saturated carbocycles. The molecule has 0 heterocycles. The van der Waals surface area contributed by atoms with E-state index >= 15 is 0 Å². The monoisotopic (exact) mass is 267 g/mol. The van der Waals surface area contributed by atoms with Gasteiger partial charge in [-0.25, -0.2) is 0 Å². The summed E-state index contributed by atoms with van der Waals surface area (Å²) in [7, 11) is 3.26. The smallest absolute Gasteiger partial charge is 0.126 e. The second-order valence-corrected chi connectivity index (χ2v) is 4.36. The average molecular weight is 267 g/mol. The van der Waals surface area contributed by atoms with Crippen LogP contribution < -0.4 is 19.5 Å². The lowest BCUT2D eigenvalue weighted by atomic mass is 10.2. The Morgan fingerprint density at radius 3 is 1.95 bits per heavy atom. The SMILES string of the molecule is CCC(CC)NCCOc1cc(OC)cc(OC)c1. The lowest BCUT2D eigenvalue weighted by Gasteiger charge is -2.15. The normalized spacial score (nSPS) is 10.6. The molecule has 0 atom stereocenters. The van der Waals surface area contributed by atoms with Crippen LogP contribution in [0.2, 0.25) is 0 Å². The number of benzene rings is 1. The van der Waals surface area contributed by atoms with Crippen LogP contribution in [0.25, 0.3) is 0 Å². The van der Waals surface area contributed by atoms with Crippen LogP contribution in [0.1, 0.15) is 26.7 Å². The Morgan fingerprint density at radius 1 is 0.947 bits per heavy atom. The molecule has 0 aliphatic heterocycles. The highest BCUT2D eigenvalue weighted by molar-refractivity contribution is 5.41. The zero-order chi connectivity index (χ0) is 14.1. The Morgan fingerprint density at radius 2 is 1.47 bits per heavy atom. The van der Waals surface area contributed by atoms with Gasteiger partial charge in [0.25, 0.3) is 0 Å². The fraction of sp³-hybridized carbons (Fsp3) is 0.600. The molecular weight excluding hydrogens is 242 g/mol. The summed E-state index contributed by atoms with van der Waals surface area (Å²) in [6.45, 7) is 5.85. The molecule has 4 heteroatoms. The zero-order valence-corrected chi connectivity index (χ0v) is 12.4. The van der Waals surface area contributed by atoms with Crippen LogP contribution in [0.15, 0.2) is 18.2 Å². The summed E-state index contributed by atoms with van der Waals surface area (Å²) < 4.78 is 16.1. The molecule has 0 aliphatic carbocycles. The maximum Gasteiger partial charge on any atom is 0.126 e. The largest absolute Gasteiger partial charge is 0.496 e. The molecule has 1 N–H and O–H groups in total. The Hall–Kier alpha value is -1.42. The van der Waals surface area contributed by atoms with Crippen molar-refractivity contribution in [2.24, 2.45) is 0 Å². The Balaban J connectivity index is 2.44. The van der Waals surface area contributed by atoms with Gasteiger partial charge in [0.15, 0.2) is 0 Å². The summed E-state index contributed by atoms with van der Waals surface area (Å²) in [4.78, 5) is 0. The van der Waals surface area contributed by atoms with Gasteiger partial charge in [-0.3, -0.25) is 0 Å². The predicted molar refractivity (Wildman–Crippen MR) is 77.4 cm³/mol. The van der Waals surface area contributed by atoms with Gasteiger partial charge in [0.1, 0.15) is 23.9 Å². The fourth-order valence-corrected chi connectivity index (χ4v) is 1.87. The number of rotatable bonds is 9. The minimum atomic E-state index is 0.573. The van der Waals surface area contributed by atoms with Gasteiger partial charge in [-0.1, -0.05) is 13.8 Å². The molecular formula is C15H25NO3. The van der Waals surface area contributed by atoms with E-state index in [4.69, 9.17) is 14.2 Å². The van der Waals surface area contributed by atoms with Gasteiger partial charge in [-0.15, -0.1) is 0 Å². The summed E-state index contributed by atoms with van der Waals surface area (Å²) >= 11 is 0. The fourth-order valence-electron chi connectivity index (χ4n) is 1.87. The molecule has 19 heavy (non-hydrogen) atoms. The van der Waals surface area contributed by atoms with E-state index < -0.39 is 0 Å². The van der Waals surface area contributed by atoms with Gasteiger partial charge < -0.3 is 19.5 Å². The molecule has 1 aromatic carbocycles. The first kappa shape index (κ1) is 15.6. The van der Waals surface area contributed by atoms with Crippen molar-refractivity contribution in [1.82, 2.24) is 5.32 Å². The third-order valence-electron chi connectivity index (χ3n) is 3.11. The number of hydrogen-bond acceptors (Lipinski definition) is 4. The van der Waals surface area contributed by atoms with Crippen molar-refractivity contribution in [3.8, 4) is 17.2 Å². The lowest BCUT2D eigenvalue weighted by Crippen LogP contribution is -2.31. The molecule has 0 amide bonds. The Labute approximate surface area is 116 Å². The molecule has 0 saturated heterocycles. The number of ether oxygens (including phenoxy) is 3.